The Kier molecular flexibility index (Phi) is 17.2. The van der Waals surface area contributed by atoms with E-state index >= 15 is 0 Å². The Bertz CT molecular complexity index is 2810. The predicted molar refractivity (Wildman–Crippen MR) is 281 cm³/mol. The number of rotatable bonds is 15. The lowest BCUT2D eigenvalue weighted by Gasteiger charge is -2.36. The van der Waals surface area contributed by atoms with Crippen molar-refractivity contribution in [2.75, 3.05) is 54.6 Å². The van der Waals surface area contributed by atoms with Crippen molar-refractivity contribution >= 4 is 40.4 Å². The number of hydrazine groups is 1. The number of hydrogen-bond donors (Lipinski definition) is 3. The highest BCUT2D eigenvalue weighted by Crippen LogP contribution is 2.41. The Morgan fingerprint density at radius 2 is 1.74 bits per heavy atom. The molecule has 3 heterocycles. The molecule has 0 spiro atoms. The van der Waals surface area contributed by atoms with E-state index < -0.39 is 47.2 Å². The number of nitrogens with zero attached hydrogens (tertiary/aromatic N) is 4. The minimum atomic E-state index is -1.17. The molecule has 7 rings (SSSR count). The molecule has 382 valence electrons. The summed E-state index contributed by atoms with van der Waals surface area (Å²) in [6, 6.07) is 23.8. The lowest BCUT2D eigenvalue weighted by molar-refractivity contribution is -0.155. The average Bonchev–Trinajstić information content (AvgIpc) is 3.65. The number of carbonyl (C=O) groups excluding carboxylic acids is 5. The van der Waals surface area contributed by atoms with Crippen LogP contribution in [0.1, 0.15) is 80.1 Å². The normalized spacial score (nSPS) is 17.8. The zero-order valence-electron chi connectivity index (χ0n) is 43.4. The van der Waals surface area contributed by atoms with Crippen molar-refractivity contribution in [3.63, 3.8) is 0 Å². The third-order valence-corrected chi connectivity index (χ3v) is 13.7. The summed E-state index contributed by atoms with van der Waals surface area (Å²) < 4.78 is 14.0. The lowest BCUT2D eigenvalue weighted by Crippen LogP contribution is -2.62. The topological polar surface area (TPSA) is 163 Å². The molecular formula is C58H72N6O8. The average molecular weight is 981 g/mol. The number of carbonyl (C=O) groups is 5. The summed E-state index contributed by atoms with van der Waals surface area (Å²) in [6.45, 7) is 12.3. The van der Waals surface area contributed by atoms with Gasteiger partial charge in [0.2, 0.25) is 5.91 Å². The van der Waals surface area contributed by atoms with Crippen LogP contribution in [0.25, 0.3) is 33.3 Å². The molecule has 3 atom stereocenters. The number of likely N-dealkylation sites (N-methyl/N-ethyl adjacent to an activating group) is 2. The van der Waals surface area contributed by atoms with Gasteiger partial charge in [-0.3, -0.25) is 29.0 Å². The van der Waals surface area contributed by atoms with Gasteiger partial charge in [0.15, 0.2) is 5.78 Å². The maximum absolute atomic E-state index is 14.8. The van der Waals surface area contributed by atoms with Crippen molar-refractivity contribution in [1.29, 1.82) is 0 Å². The lowest BCUT2D eigenvalue weighted by atomic mass is 9.83. The molecule has 4 aromatic carbocycles. The fraction of sp³-hybridized carbons (Fsp3) is 0.431. The number of benzene rings is 4. The maximum Gasteiger partial charge on any atom is 0.324 e. The molecule has 1 saturated heterocycles. The molecule has 3 amide bonds. The van der Waals surface area contributed by atoms with E-state index in [1.165, 1.54) is 9.91 Å². The first-order valence-electron chi connectivity index (χ1n) is 25.2. The van der Waals surface area contributed by atoms with Crippen LogP contribution in [0, 0.1) is 11.3 Å². The van der Waals surface area contributed by atoms with Crippen LogP contribution in [0.3, 0.4) is 0 Å². The number of cyclic esters (lactones) is 1. The number of methoxy groups -OCH3 is 1. The summed E-state index contributed by atoms with van der Waals surface area (Å²) in [5.41, 5.74) is 11.4. The van der Waals surface area contributed by atoms with Crippen molar-refractivity contribution in [2.45, 2.75) is 97.8 Å². The second-order valence-corrected chi connectivity index (χ2v) is 20.7. The number of phenolic OH excluding ortho intramolecular Hbond substituents is 1. The van der Waals surface area contributed by atoms with Gasteiger partial charge in [0.25, 0.3) is 11.8 Å². The van der Waals surface area contributed by atoms with Crippen molar-refractivity contribution < 1.29 is 38.6 Å². The number of aryl methyl sites for hydroxylation is 1. The third kappa shape index (κ3) is 12.5. The highest BCUT2D eigenvalue weighted by atomic mass is 16.5. The van der Waals surface area contributed by atoms with Crippen molar-refractivity contribution in [1.82, 2.24) is 30.1 Å². The molecule has 6 bridgehead atoms. The number of aromatic hydroxyl groups is 1. The highest BCUT2D eigenvalue weighted by Gasteiger charge is 2.38. The third-order valence-electron chi connectivity index (χ3n) is 13.7. The molecule has 1 fully saturated rings. The summed E-state index contributed by atoms with van der Waals surface area (Å²) in [6.07, 6.45) is 5.81. The van der Waals surface area contributed by atoms with E-state index in [0.717, 1.165) is 56.4 Å². The van der Waals surface area contributed by atoms with Crippen LogP contribution in [0.15, 0.2) is 97.1 Å². The number of esters is 1. The van der Waals surface area contributed by atoms with Gasteiger partial charge in [-0.2, -0.15) is 0 Å². The highest BCUT2D eigenvalue weighted by molar-refractivity contribution is 5.99. The molecule has 2 aliphatic rings. The number of nitrogens with one attached hydrogen (secondary N) is 2. The first-order valence-corrected chi connectivity index (χ1v) is 25.2. The van der Waals surface area contributed by atoms with Gasteiger partial charge in [0.1, 0.15) is 23.9 Å². The number of aromatic nitrogens is 1. The smallest absolute Gasteiger partial charge is 0.324 e. The van der Waals surface area contributed by atoms with E-state index in [1.807, 2.05) is 51.1 Å². The van der Waals surface area contributed by atoms with E-state index in [1.54, 1.807) is 56.6 Å². The molecule has 72 heavy (non-hydrogen) atoms. The number of hydrogen-bond acceptors (Lipinski definition) is 10. The first-order chi connectivity index (χ1) is 34.4. The quantitative estimate of drug-likeness (QED) is 0.0705. The van der Waals surface area contributed by atoms with E-state index in [0.29, 0.717) is 50.1 Å². The standard InChI is InChI=1S/C58H72N6O8/c1-10-63-51-24-23-42-34-47(51)48(53(63)46-17-12-11-15-40(46)25-28-71-9)35-58(4,5)36-72-57(70)49-18-14-27-64(60-49)56(69)50(32-39-29-43(42)33-45(66)31-39)59-54(67)52(37(2)3)62(8)55(68)41-21-19-38(20-22-41)30-44(65)16-13-26-61(6)7/h11-13,15-17,19-24,29,31,33-34,37,49-50,52,60,66H,10,14,18,25-28,30,32,35-36H2,1-9H3,(H,59,67)/b16-13+/t49-,50-,52-/m0/s1. The van der Waals surface area contributed by atoms with Crippen LogP contribution in [0.4, 0.5) is 0 Å². The first kappa shape index (κ1) is 53.2. The van der Waals surface area contributed by atoms with Crippen molar-refractivity contribution in [3.8, 4) is 28.1 Å². The second kappa shape index (κ2) is 23.3. The molecule has 5 aromatic rings. The summed E-state index contributed by atoms with van der Waals surface area (Å²) in [4.78, 5) is 73.4. The Balaban J connectivity index is 1.25. The Morgan fingerprint density at radius 1 is 0.986 bits per heavy atom. The van der Waals surface area contributed by atoms with Crippen LogP contribution in [-0.4, -0.2) is 127 Å². The van der Waals surface area contributed by atoms with Crippen LogP contribution in [0.5, 0.6) is 5.75 Å². The fourth-order valence-corrected chi connectivity index (χ4v) is 10.1. The Labute approximate surface area is 424 Å². The molecule has 0 radical (unpaired) electrons. The fourth-order valence-electron chi connectivity index (χ4n) is 10.1. The molecule has 14 nitrogen and oxygen atoms in total. The molecular weight excluding hydrogens is 909 g/mol. The Morgan fingerprint density at radius 3 is 2.44 bits per heavy atom. The number of ether oxygens (including phenoxy) is 2. The summed E-state index contributed by atoms with van der Waals surface area (Å²) in [5.74, 6) is -2.32. The maximum atomic E-state index is 14.8. The van der Waals surface area contributed by atoms with E-state index in [2.05, 4.69) is 72.5 Å². The van der Waals surface area contributed by atoms with Crippen LogP contribution in [0.2, 0.25) is 0 Å². The van der Waals surface area contributed by atoms with Crippen LogP contribution < -0.4 is 10.7 Å². The van der Waals surface area contributed by atoms with Gasteiger partial charge >= 0.3 is 5.97 Å². The van der Waals surface area contributed by atoms with E-state index in [-0.39, 0.29) is 43.4 Å². The second-order valence-electron chi connectivity index (χ2n) is 20.7. The zero-order valence-corrected chi connectivity index (χ0v) is 43.4. The number of ketones is 1. The van der Waals surface area contributed by atoms with Crippen LogP contribution in [-0.2, 0) is 60.9 Å². The van der Waals surface area contributed by atoms with Gasteiger partial charge in [-0.05, 0) is 128 Å². The van der Waals surface area contributed by atoms with Crippen LogP contribution >= 0.6 is 0 Å². The molecule has 3 N–H and O–H groups in total. The van der Waals surface area contributed by atoms with Crippen molar-refractivity contribution in [3.05, 3.63) is 125 Å². The summed E-state index contributed by atoms with van der Waals surface area (Å²) in [7, 11) is 7.12. The number of fused-ring (bicyclic) bond motifs is 6. The minimum absolute atomic E-state index is 0.00441. The SMILES string of the molecule is CCn1c(-c2ccccc2CCOC)c2c3cc(ccc31)-c1cc(O)cc(c1)C[C@H](NC(=O)[C@H](C(C)C)N(C)C(=O)c1ccc(CC(=O)/C=C/CN(C)C)cc1)C(=O)N1CCC[C@H](N1)C(=O)OCC(C)(C)C2. The molecule has 2 aliphatic heterocycles. The minimum Gasteiger partial charge on any atom is -0.508 e. The van der Waals surface area contributed by atoms with Gasteiger partial charge in [0, 0.05) is 74.1 Å². The molecule has 1 aromatic heterocycles. The molecule has 0 aliphatic carbocycles. The number of phenols is 1. The summed E-state index contributed by atoms with van der Waals surface area (Å²) >= 11 is 0. The number of allylic oxidation sites excluding steroid dienone is 1. The van der Waals surface area contributed by atoms with Gasteiger partial charge < -0.3 is 34.3 Å². The van der Waals surface area contributed by atoms with E-state index in [4.69, 9.17) is 9.47 Å². The molecule has 14 heteroatoms. The molecule has 0 unspecified atom stereocenters. The Hall–Kier alpha value is -6.61. The molecule has 0 saturated carbocycles. The van der Waals surface area contributed by atoms with Gasteiger partial charge in [-0.15, -0.1) is 0 Å². The zero-order chi connectivity index (χ0) is 51.9. The predicted octanol–water partition coefficient (Wildman–Crippen LogP) is 7.56. The largest absolute Gasteiger partial charge is 0.508 e. The number of amides is 3. The van der Waals surface area contributed by atoms with Gasteiger partial charge in [-0.1, -0.05) is 82.3 Å². The summed E-state index contributed by atoms with van der Waals surface area (Å²) in [5, 5.41) is 16.8. The van der Waals surface area contributed by atoms with Gasteiger partial charge in [0.05, 0.1) is 18.9 Å². The van der Waals surface area contributed by atoms with Crippen molar-refractivity contribution in [2.24, 2.45) is 11.3 Å². The van der Waals surface area contributed by atoms with Gasteiger partial charge in [-0.25, -0.2) is 5.43 Å². The van der Waals surface area contributed by atoms with E-state index in [9.17, 15) is 29.1 Å². The monoisotopic (exact) mass is 981 g/mol.